The largest absolute Gasteiger partial charge is 0.324 e. The number of hydrogen-bond acceptors (Lipinski definition) is 1. The second-order valence-electron chi connectivity index (χ2n) is 6.08. The van der Waals surface area contributed by atoms with Crippen molar-refractivity contribution < 1.29 is 0 Å². The average Bonchev–Trinajstić information content (AvgIpc) is 2.39. The van der Waals surface area contributed by atoms with Crippen LogP contribution >= 0.6 is 0 Å². The molecule has 0 aromatic heterocycles. The van der Waals surface area contributed by atoms with Crippen molar-refractivity contribution in [2.45, 2.75) is 44.6 Å². The summed E-state index contributed by atoms with van der Waals surface area (Å²) < 4.78 is 0. The third-order valence-corrected chi connectivity index (χ3v) is 4.87. The summed E-state index contributed by atoms with van der Waals surface area (Å²) in [7, 11) is 0. The predicted octanol–water partition coefficient (Wildman–Crippen LogP) is 4.00. The van der Waals surface area contributed by atoms with Crippen molar-refractivity contribution in [3.63, 3.8) is 0 Å². The summed E-state index contributed by atoms with van der Waals surface area (Å²) in [5, 5.41) is 0. The zero-order chi connectivity index (χ0) is 12.5. The molecule has 0 aliphatic heterocycles. The van der Waals surface area contributed by atoms with Crippen molar-refractivity contribution in [3.05, 3.63) is 47.5 Å². The maximum atomic E-state index is 6.44. The van der Waals surface area contributed by atoms with Crippen LogP contribution in [0.15, 0.2) is 36.4 Å². The third-order valence-electron chi connectivity index (χ3n) is 4.87. The van der Waals surface area contributed by atoms with E-state index in [1.807, 2.05) is 0 Å². The highest BCUT2D eigenvalue weighted by molar-refractivity contribution is 5.31. The number of hydrogen-bond donors (Lipinski definition) is 1. The fraction of sp³-hybridized carbons (Fsp3) is 0.529. The fourth-order valence-electron chi connectivity index (χ4n) is 3.73. The summed E-state index contributed by atoms with van der Waals surface area (Å²) in [5.74, 6) is 1.51. The van der Waals surface area contributed by atoms with Gasteiger partial charge in [0.15, 0.2) is 0 Å². The lowest BCUT2D eigenvalue weighted by atomic mass is 9.72. The Morgan fingerprint density at radius 3 is 2.78 bits per heavy atom. The van der Waals surface area contributed by atoms with Gasteiger partial charge in [-0.1, -0.05) is 36.4 Å². The molecule has 0 radical (unpaired) electrons. The molecule has 1 aromatic carbocycles. The molecular weight excluding hydrogens is 218 g/mol. The maximum absolute atomic E-state index is 6.44. The van der Waals surface area contributed by atoms with Crippen molar-refractivity contribution in [1.82, 2.24) is 0 Å². The lowest BCUT2D eigenvalue weighted by molar-refractivity contribution is 0.306. The van der Waals surface area contributed by atoms with E-state index < -0.39 is 0 Å². The van der Waals surface area contributed by atoms with Crippen molar-refractivity contribution in [2.24, 2.45) is 17.6 Å². The van der Waals surface area contributed by atoms with Gasteiger partial charge in [-0.2, -0.15) is 0 Å². The van der Waals surface area contributed by atoms with Crippen molar-refractivity contribution in [2.75, 3.05) is 0 Å². The van der Waals surface area contributed by atoms with Gasteiger partial charge in [-0.3, -0.25) is 0 Å². The standard InChI is InChI=1S/C17H23N/c1-12-10-13-6-8-14-4-2-3-5-16(14)17(18)11-15(12)9-7-13/h2-5,13,15,17H,1,6-11,18H2/t13?,15?,17-/m0/s1. The van der Waals surface area contributed by atoms with E-state index in [1.54, 1.807) is 0 Å². The highest BCUT2D eigenvalue weighted by atomic mass is 14.6. The molecule has 18 heavy (non-hydrogen) atoms. The lowest BCUT2D eigenvalue weighted by Gasteiger charge is -2.34. The first kappa shape index (κ1) is 12.0. The minimum Gasteiger partial charge on any atom is -0.324 e. The Morgan fingerprint density at radius 2 is 1.94 bits per heavy atom. The van der Waals surface area contributed by atoms with E-state index in [9.17, 15) is 0 Å². The first-order valence-corrected chi connectivity index (χ1v) is 7.25. The van der Waals surface area contributed by atoms with Gasteiger partial charge in [-0.25, -0.2) is 0 Å². The number of allylic oxidation sites excluding steroid dienone is 1. The van der Waals surface area contributed by atoms with Gasteiger partial charge < -0.3 is 5.73 Å². The van der Waals surface area contributed by atoms with Crippen LogP contribution in [0.4, 0.5) is 0 Å². The van der Waals surface area contributed by atoms with Crippen LogP contribution in [-0.4, -0.2) is 0 Å². The minimum absolute atomic E-state index is 0.192. The monoisotopic (exact) mass is 241 g/mol. The third kappa shape index (κ3) is 2.24. The van der Waals surface area contributed by atoms with E-state index >= 15 is 0 Å². The molecule has 1 fully saturated rings. The zero-order valence-corrected chi connectivity index (χ0v) is 11.1. The molecule has 1 aromatic rings. The number of fused-ring (bicyclic) bond motifs is 4. The predicted molar refractivity (Wildman–Crippen MR) is 76.3 cm³/mol. The van der Waals surface area contributed by atoms with Gasteiger partial charge in [0.25, 0.3) is 0 Å². The maximum Gasteiger partial charge on any atom is 0.0303 e. The summed E-state index contributed by atoms with van der Waals surface area (Å²) in [6, 6.07) is 8.95. The van der Waals surface area contributed by atoms with Crippen LogP contribution in [0.3, 0.4) is 0 Å². The number of nitrogens with two attached hydrogens (primary N) is 1. The molecule has 96 valence electrons. The van der Waals surface area contributed by atoms with Crippen molar-refractivity contribution in [1.29, 1.82) is 0 Å². The second kappa shape index (κ2) is 4.89. The molecule has 2 N–H and O–H groups in total. The average molecular weight is 241 g/mol. The Hall–Kier alpha value is -1.08. The van der Waals surface area contributed by atoms with E-state index in [2.05, 4.69) is 30.8 Å². The normalized spacial score (nSPS) is 32.1. The second-order valence-corrected chi connectivity index (χ2v) is 6.08. The molecule has 1 nitrogen and oxygen atoms in total. The topological polar surface area (TPSA) is 26.0 Å². The molecule has 0 saturated heterocycles. The smallest absolute Gasteiger partial charge is 0.0303 e. The molecule has 2 unspecified atom stereocenters. The molecule has 3 aliphatic carbocycles. The fourth-order valence-corrected chi connectivity index (χ4v) is 3.73. The van der Waals surface area contributed by atoms with Gasteiger partial charge in [0.2, 0.25) is 0 Å². The highest BCUT2D eigenvalue weighted by Gasteiger charge is 2.28. The number of rotatable bonds is 0. The number of benzene rings is 1. The minimum atomic E-state index is 0.192. The van der Waals surface area contributed by atoms with Crippen molar-refractivity contribution in [3.8, 4) is 0 Å². The van der Waals surface area contributed by atoms with E-state index in [0.29, 0.717) is 5.92 Å². The van der Waals surface area contributed by atoms with Gasteiger partial charge in [-0.05, 0) is 61.5 Å². The molecule has 0 heterocycles. The number of aryl methyl sites for hydroxylation is 1. The first-order valence-electron chi connectivity index (χ1n) is 7.25. The zero-order valence-electron chi connectivity index (χ0n) is 11.1. The van der Waals surface area contributed by atoms with E-state index in [4.69, 9.17) is 5.73 Å². The summed E-state index contributed by atoms with van der Waals surface area (Å²) in [4.78, 5) is 0. The van der Waals surface area contributed by atoms with Crippen molar-refractivity contribution >= 4 is 0 Å². The highest BCUT2D eigenvalue weighted by Crippen LogP contribution is 2.40. The van der Waals surface area contributed by atoms with Crippen LogP contribution in [0.5, 0.6) is 0 Å². The van der Waals surface area contributed by atoms with Gasteiger partial charge in [-0.15, -0.1) is 0 Å². The van der Waals surface area contributed by atoms with E-state index in [1.165, 1.54) is 48.8 Å². The molecular formula is C17H23N. The van der Waals surface area contributed by atoms with Gasteiger partial charge in [0, 0.05) is 6.04 Å². The Morgan fingerprint density at radius 1 is 1.11 bits per heavy atom. The van der Waals surface area contributed by atoms with Gasteiger partial charge >= 0.3 is 0 Å². The molecule has 2 bridgehead atoms. The molecule has 3 atom stereocenters. The van der Waals surface area contributed by atoms with Crippen LogP contribution < -0.4 is 5.73 Å². The summed E-state index contributed by atoms with van der Waals surface area (Å²) in [6.45, 7) is 4.31. The van der Waals surface area contributed by atoms with E-state index in [0.717, 1.165) is 12.3 Å². The van der Waals surface area contributed by atoms with Crippen LogP contribution in [0, 0.1) is 11.8 Å². The Bertz CT molecular complexity index is 449. The summed E-state index contributed by atoms with van der Waals surface area (Å²) in [5.41, 5.74) is 10.7. The Balaban J connectivity index is 1.94. The van der Waals surface area contributed by atoms with Gasteiger partial charge in [0.1, 0.15) is 0 Å². The molecule has 0 spiro atoms. The lowest BCUT2D eigenvalue weighted by Crippen LogP contribution is -2.24. The first-order chi connectivity index (χ1) is 8.74. The van der Waals surface area contributed by atoms with E-state index in [-0.39, 0.29) is 6.04 Å². The Labute approximate surface area is 110 Å². The van der Waals surface area contributed by atoms with Crippen LogP contribution in [0.25, 0.3) is 0 Å². The summed E-state index contributed by atoms with van der Waals surface area (Å²) in [6.07, 6.45) is 7.49. The summed E-state index contributed by atoms with van der Waals surface area (Å²) >= 11 is 0. The SMILES string of the molecule is C=C1CC2CCc3ccccc3[C@@H](N)CC1CC2. The van der Waals surface area contributed by atoms with Crippen LogP contribution in [0.1, 0.15) is 49.3 Å². The molecule has 1 saturated carbocycles. The Kier molecular flexibility index (Phi) is 3.25. The molecule has 4 rings (SSSR count). The quantitative estimate of drug-likeness (QED) is 0.683. The molecule has 3 aliphatic rings. The van der Waals surface area contributed by atoms with Crippen LogP contribution in [0.2, 0.25) is 0 Å². The van der Waals surface area contributed by atoms with Gasteiger partial charge in [0.05, 0.1) is 0 Å². The van der Waals surface area contributed by atoms with Crippen LogP contribution in [-0.2, 0) is 6.42 Å². The molecule has 0 amide bonds. The molecule has 1 heteroatoms.